The number of fused-ring (bicyclic) bond motifs is 9. The van der Waals surface area contributed by atoms with Gasteiger partial charge in [-0.1, -0.05) is 126 Å². The van der Waals surface area contributed by atoms with Crippen molar-refractivity contribution in [3.8, 4) is 5.69 Å². The first-order valence-electron chi connectivity index (χ1n) is 19.1. The molecule has 0 saturated heterocycles. The standard InChI is InChI=1S/C50H32BN3OS/c1-5-17-33(18-6-1)52(34-19-7-2-8-20-34)37-31-42-47-45(32-37)56-44-28-16-14-26-39(44)51(47)40-29-30-41(53(35-21-9-3-10-22-35)36-23-11-4-12-24-36)46-49(40)54(42)48-38-25-13-15-27-43(38)55-50(46)48/h1-32H. The molecular weight excluding hydrogens is 701 g/mol. The van der Waals surface area contributed by atoms with E-state index in [0.29, 0.717) is 0 Å². The summed E-state index contributed by atoms with van der Waals surface area (Å²) in [6.45, 7) is 0.0459. The van der Waals surface area contributed by atoms with E-state index in [9.17, 15) is 0 Å². The van der Waals surface area contributed by atoms with Gasteiger partial charge in [-0.25, -0.2) is 0 Å². The summed E-state index contributed by atoms with van der Waals surface area (Å²) < 4.78 is 9.58. The van der Waals surface area contributed by atoms with Crippen molar-refractivity contribution in [2.24, 2.45) is 0 Å². The molecule has 0 spiro atoms. The molecule has 0 N–H and O–H groups in total. The second-order valence-corrected chi connectivity index (χ2v) is 15.6. The predicted molar refractivity (Wildman–Crippen MR) is 235 cm³/mol. The lowest BCUT2D eigenvalue weighted by atomic mass is 9.35. The highest BCUT2D eigenvalue weighted by atomic mass is 32.2. The molecule has 0 saturated carbocycles. The van der Waals surface area contributed by atoms with E-state index in [1.165, 1.54) is 37.4 Å². The summed E-state index contributed by atoms with van der Waals surface area (Å²) in [6, 6.07) is 69.8. The summed E-state index contributed by atoms with van der Waals surface area (Å²) in [5, 5.41) is 2.21. The minimum atomic E-state index is 0.0459. The summed E-state index contributed by atoms with van der Waals surface area (Å²) in [5.74, 6) is 0. The lowest BCUT2D eigenvalue weighted by molar-refractivity contribution is 0.673. The van der Waals surface area contributed by atoms with Crippen LogP contribution in [-0.2, 0) is 0 Å². The van der Waals surface area contributed by atoms with Gasteiger partial charge in [0.2, 0.25) is 6.71 Å². The average Bonchev–Trinajstić information content (AvgIpc) is 3.80. The average molecular weight is 734 g/mol. The van der Waals surface area contributed by atoms with Gasteiger partial charge < -0.3 is 18.8 Å². The Hall–Kier alpha value is -6.89. The fourth-order valence-electron chi connectivity index (χ4n) is 9.13. The van der Waals surface area contributed by atoms with Gasteiger partial charge in [-0.05, 0) is 95.9 Å². The third-order valence-corrected chi connectivity index (χ3v) is 12.5. The Morgan fingerprint density at radius 3 is 1.70 bits per heavy atom. The van der Waals surface area contributed by atoms with E-state index in [1.807, 2.05) is 11.8 Å². The van der Waals surface area contributed by atoms with Crippen LogP contribution in [0.1, 0.15) is 0 Å². The molecule has 0 amide bonds. The van der Waals surface area contributed by atoms with Crippen molar-refractivity contribution >= 4 is 102 Å². The Morgan fingerprint density at radius 1 is 0.464 bits per heavy atom. The third kappa shape index (κ3) is 4.57. The molecule has 10 aromatic rings. The Balaban J connectivity index is 1.24. The van der Waals surface area contributed by atoms with E-state index in [2.05, 4.69) is 208 Å². The van der Waals surface area contributed by atoms with Gasteiger partial charge in [-0.15, -0.1) is 0 Å². The largest absolute Gasteiger partial charge is 0.454 e. The number of anilines is 6. The molecule has 2 aliphatic rings. The van der Waals surface area contributed by atoms with Gasteiger partial charge in [-0.3, -0.25) is 0 Å². The molecular formula is C50H32BN3OS. The third-order valence-electron chi connectivity index (χ3n) is 11.4. The Bertz CT molecular complexity index is 3050. The van der Waals surface area contributed by atoms with Gasteiger partial charge in [0, 0.05) is 49.3 Å². The van der Waals surface area contributed by atoms with Gasteiger partial charge in [0.15, 0.2) is 5.58 Å². The summed E-state index contributed by atoms with van der Waals surface area (Å²) in [7, 11) is 0. The Labute approximate surface area is 328 Å². The molecule has 0 atom stereocenters. The first kappa shape index (κ1) is 31.5. The highest BCUT2D eigenvalue weighted by molar-refractivity contribution is 8.00. The number of para-hydroxylation sites is 5. The number of hydrogen-bond acceptors (Lipinski definition) is 4. The van der Waals surface area contributed by atoms with Gasteiger partial charge in [0.05, 0.1) is 16.6 Å². The van der Waals surface area contributed by atoms with Crippen molar-refractivity contribution in [3.63, 3.8) is 0 Å². The monoisotopic (exact) mass is 733 g/mol. The van der Waals surface area contributed by atoms with Crippen molar-refractivity contribution in [1.82, 2.24) is 4.57 Å². The maximum Gasteiger partial charge on any atom is 0.249 e. The number of rotatable bonds is 6. The second kappa shape index (κ2) is 12.3. The molecule has 8 aromatic carbocycles. The first-order chi connectivity index (χ1) is 27.8. The molecule has 6 heteroatoms. The lowest BCUT2D eigenvalue weighted by Crippen LogP contribution is -2.58. The molecule has 56 heavy (non-hydrogen) atoms. The summed E-state index contributed by atoms with van der Waals surface area (Å²) in [4.78, 5) is 7.33. The fourth-order valence-corrected chi connectivity index (χ4v) is 10.3. The van der Waals surface area contributed by atoms with Crippen molar-refractivity contribution in [1.29, 1.82) is 0 Å². The number of hydrogen-bond donors (Lipinski definition) is 0. The molecule has 0 aliphatic carbocycles. The Morgan fingerprint density at radius 2 is 1.04 bits per heavy atom. The van der Waals surface area contributed by atoms with Crippen LogP contribution in [0.4, 0.5) is 34.1 Å². The second-order valence-electron chi connectivity index (χ2n) is 14.5. The van der Waals surface area contributed by atoms with Crippen LogP contribution in [0.2, 0.25) is 0 Å². The minimum Gasteiger partial charge on any atom is -0.454 e. The van der Waals surface area contributed by atoms with Crippen LogP contribution in [0.5, 0.6) is 0 Å². The predicted octanol–water partition coefficient (Wildman–Crippen LogP) is 11.8. The molecule has 4 heterocycles. The van der Waals surface area contributed by atoms with E-state index in [4.69, 9.17) is 4.42 Å². The van der Waals surface area contributed by atoms with Gasteiger partial charge >= 0.3 is 0 Å². The van der Waals surface area contributed by atoms with Crippen molar-refractivity contribution < 1.29 is 4.42 Å². The molecule has 2 aliphatic heterocycles. The van der Waals surface area contributed by atoms with E-state index in [0.717, 1.165) is 61.6 Å². The van der Waals surface area contributed by atoms with Crippen molar-refractivity contribution in [2.45, 2.75) is 9.79 Å². The molecule has 0 fully saturated rings. The zero-order valence-corrected chi connectivity index (χ0v) is 31.0. The van der Waals surface area contributed by atoms with Crippen LogP contribution >= 0.6 is 11.8 Å². The van der Waals surface area contributed by atoms with Crippen molar-refractivity contribution in [2.75, 3.05) is 9.80 Å². The fraction of sp³-hybridized carbons (Fsp3) is 0. The highest BCUT2D eigenvalue weighted by Gasteiger charge is 2.42. The summed E-state index contributed by atoms with van der Waals surface area (Å²) in [6.07, 6.45) is 0. The number of aromatic nitrogens is 1. The van der Waals surface area contributed by atoms with Crippen LogP contribution in [0.25, 0.3) is 38.7 Å². The normalized spacial score (nSPS) is 12.5. The minimum absolute atomic E-state index is 0.0459. The van der Waals surface area contributed by atoms with Gasteiger partial charge in [0.1, 0.15) is 11.1 Å². The maximum absolute atomic E-state index is 7.05. The molecule has 12 rings (SSSR count). The lowest BCUT2D eigenvalue weighted by Gasteiger charge is -2.36. The van der Waals surface area contributed by atoms with Crippen LogP contribution in [0.15, 0.2) is 208 Å². The maximum atomic E-state index is 7.05. The molecule has 0 unspecified atom stereocenters. The smallest absolute Gasteiger partial charge is 0.249 e. The van der Waals surface area contributed by atoms with Crippen LogP contribution in [0, 0.1) is 0 Å². The molecule has 0 bridgehead atoms. The van der Waals surface area contributed by atoms with E-state index < -0.39 is 0 Å². The SMILES string of the molecule is c1ccc(N(c2ccccc2)c2cc3c4c(c2)-n2c5c(ccc(N(c6ccccc6)c6ccccc6)c5c5oc6ccccc6c52)B4c2ccccc2S3)cc1. The van der Waals surface area contributed by atoms with Crippen LogP contribution in [-0.4, -0.2) is 11.3 Å². The molecule has 2 aromatic heterocycles. The topological polar surface area (TPSA) is 24.6 Å². The molecule has 4 nitrogen and oxygen atoms in total. The van der Waals surface area contributed by atoms with Crippen LogP contribution < -0.4 is 26.2 Å². The van der Waals surface area contributed by atoms with Gasteiger partial charge in [0.25, 0.3) is 0 Å². The Kier molecular flexibility index (Phi) is 6.92. The zero-order chi connectivity index (χ0) is 36.7. The first-order valence-corrected chi connectivity index (χ1v) is 19.9. The van der Waals surface area contributed by atoms with Crippen LogP contribution in [0.3, 0.4) is 0 Å². The molecule has 0 radical (unpaired) electrons. The quantitative estimate of drug-likeness (QED) is 0.159. The highest BCUT2D eigenvalue weighted by Crippen LogP contribution is 2.49. The number of furan rings is 1. The summed E-state index contributed by atoms with van der Waals surface area (Å²) >= 11 is 1.88. The zero-order valence-electron chi connectivity index (χ0n) is 30.2. The summed E-state index contributed by atoms with van der Waals surface area (Å²) in [5.41, 5.74) is 15.8. The number of nitrogens with zero attached hydrogens (tertiary/aromatic N) is 3. The van der Waals surface area contributed by atoms with E-state index in [-0.39, 0.29) is 6.71 Å². The number of benzene rings is 8. The van der Waals surface area contributed by atoms with E-state index >= 15 is 0 Å². The van der Waals surface area contributed by atoms with Gasteiger partial charge in [-0.2, -0.15) is 0 Å². The van der Waals surface area contributed by atoms with Crippen molar-refractivity contribution in [3.05, 3.63) is 194 Å². The molecule has 262 valence electrons. The van der Waals surface area contributed by atoms with E-state index in [1.54, 1.807) is 0 Å².